The van der Waals surface area contributed by atoms with Crippen molar-refractivity contribution < 1.29 is 4.39 Å². The Bertz CT molecular complexity index is 516. The number of anilines is 1. The molecule has 2 aliphatic carbocycles. The first-order valence-electron chi connectivity index (χ1n) is 6.82. The third-order valence-corrected chi connectivity index (χ3v) is 4.65. The maximum atomic E-state index is 14.4. The molecule has 100 valence electrons. The average Bonchev–Trinajstić information content (AvgIpc) is 3.27. The second-order valence-electron chi connectivity index (χ2n) is 5.66. The van der Waals surface area contributed by atoms with Gasteiger partial charge in [-0.25, -0.2) is 4.39 Å². The third kappa shape index (κ3) is 2.92. The fourth-order valence-corrected chi connectivity index (χ4v) is 2.79. The highest BCUT2D eigenvalue weighted by Gasteiger charge is 2.30. The zero-order valence-electron chi connectivity index (χ0n) is 10.7. The Labute approximate surface area is 121 Å². The van der Waals surface area contributed by atoms with Crippen molar-refractivity contribution in [1.82, 2.24) is 0 Å². The molecular formula is C15H16BrFN2. The molecule has 4 heteroatoms. The Kier molecular flexibility index (Phi) is 3.49. The van der Waals surface area contributed by atoms with Gasteiger partial charge in [-0.1, -0.05) is 0 Å². The summed E-state index contributed by atoms with van der Waals surface area (Å²) in [6, 6.07) is 5.46. The van der Waals surface area contributed by atoms with Crippen molar-refractivity contribution in [1.29, 1.82) is 5.26 Å². The second kappa shape index (κ2) is 5.13. The first-order chi connectivity index (χ1) is 9.19. The van der Waals surface area contributed by atoms with E-state index in [1.54, 1.807) is 12.1 Å². The van der Waals surface area contributed by atoms with Crippen LogP contribution in [0.4, 0.5) is 10.1 Å². The monoisotopic (exact) mass is 322 g/mol. The minimum atomic E-state index is -0.291. The standard InChI is InChI=1S/C15H16BrFN2/c16-14-12(7-18)5-6-13(15(14)17)19(8-10-1-2-10)9-11-3-4-11/h5-6,10-11H,1-4,8-9H2. The van der Waals surface area contributed by atoms with E-state index in [2.05, 4.69) is 20.8 Å². The van der Waals surface area contributed by atoms with Crippen molar-refractivity contribution >= 4 is 21.6 Å². The van der Waals surface area contributed by atoms with E-state index in [1.807, 2.05) is 6.07 Å². The van der Waals surface area contributed by atoms with Crippen LogP contribution in [0.25, 0.3) is 0 Å². The number of nitriles is 1. The molecule has 1 aromatic rings. The summed E-state index contributed by atoms with van der Waals surface area (Å²) in [7, 11) is 0. The highest BCUT2D eigenvalue weighted by molar-refractivity contribution is 9.10. The maximum Gasteiger partial charge on any atom is 0.161 e. The second-order valence-corrected chi connectivity index (χ2v) is 6.46. The Hall–Kier alpha value is -1.08. The molecule has 0 radical (unpaired) electrons. The molecule has 0 saturated heterocycles. The molecule has 19 heavy (non-hydrogen) atoms. The normalized spacial score (nSPS) is 18.2. The van der Waals surface area contributed by atoms with Gasteiger partial charge in [0.1, 0.15) is 6.07 Å². The molecular weight excluding hydrogens is 307 g/mol. The van der Waals surface area contributed by atoms with Crippen molar-refractivity contribution in [3.8, 4) is 6.07 Å². The topological polar surface area (TPSA) is 27.0 Å². The molecule has 0 aromatic heterocycles. The minimum Gasteiger partial charge on any atom is -0.369 e. The molecule has 3 rings (SSSR count). The highest BCUT2D eigenvalue weighted by Crippen LogP contribution is 2.38. The van der Waals surface area contributed by atoms with Crippen molar-refractivity contribution in [2.75, 3.05) is 18.0 Å². The van der Waals surface area contributed by atoms with Crippen LogP contribution in [0.5, 0.6) is 0 Å². The van der Waals surface area contributed by atoms with Gasteiger partial charge in [-0.2, -0.15) is 5.26 Å². The van der Waals surface area contributed by atoms with E-state index in [1.165, 1.54) is 25.7 Å². The zero-order valence-corrected chi connectivity index (χ0v) is 12.3. The fourth-order valence-electron chi connectivity index (χ4n) is 2.37. The first kappa shape index (κ1) is 12.9. The van der Waals surface area contributed by atoms with E-state index in [0.29, 0.717) is 15.7 Å². The Morgan fingerprint density at radius 1 is 1.21 bits per heavy atom. The molecule has 2 aliphatic rings. The highest BCUT2D eigenvalue weighted by atomic mass is 79.9. The van der Waals surface area contributed by atoms with Crippen LogP contribution in [0.1, 0.15) is 31.2 Å². The molecule has 0 atom stereocenters. The molecule has 0 aliphatic heterocycles. The van der Waals surface area contributed by atoms with Gasteiger partial charge in [0.05, 0.1) is 15.7 Å². The molecule has 2 fully saturated rings. The molecule has 1 aromatic carbocycles. The smallest absolute Gasteiger partial charge is 0.161 e. The van der Waals surface area contributed by atoms with Crippen LogP contribution in [0.2, 0.25) is 0 Å². The number of rotatable bonds is 5. The molecule has 2 saturated carbocycles. The van der Waals surface area contributed by atoms with E-state index in [9.17, 15) is 4.39 Å². The molecule has 0 spiro atoms. The van der Waals surface area contributed by atoms with Gasteiger partial charge in [0.2, 0.25) is 0 Å². The summed E-state index contributed by atoms with van der Waals surface area (Å²) in [5, 5.41) is 8.92. The lowest BCUT2D eigenvalue weighted by molar-refractivity contribution is 0.597. The van der Waals surface area contributed by atoms with E-state index in [4.69, 9.17) is 5.26 Å². The van der Waals surface area contributed by atoms with Crippen molar-refractivity contribution in [3.05, 3.63) is 28.0 Å². The Morgan fingerprint density at radius 2 is 1.79 bits per heavy atom. The van der Waals surface area contributed by atoms with Gasteiger partial charge in [-0.15, -0.1) is 0 Å². The van der Waals surface area contributed by atoms with Gasteiger partial charge >= 0.3 is 0 Å². The first-order valence-corrected chi connectivity index (χ1v) is 7.61. The summed E-state index contributed by atoms with van der Waals surface area (Å²) in [5.41, 5.74) is 1.00. The van der Waals surface area contributed by atoms with E-state index in [-0.39, 0.29) is 5.82 Å². The van der Waals surface area contributed by atoms with Crippen LogP contribution in [-0.4, -0.2) is 13.1 Å². The van der Waals surface area contributed by atoms with Crippen LogP contribution in [0, 0.1) is 29.0 Å². The fraction of sp³-hybridized carbons (Fsp3) is 0.533. The van der Waals surface area contributed by atoms with Crippen LogP contribution in [-0.2, 0) is 0 Å². The van der Waals surface area contributed by atoms with Crippen LogP contribution >= 0.6 is 15.9 Å². The summed E-state index contributed by atoms with van der Waals surface area (Å²) in [5.74, 6) is 1.17. The SMILES string of the molecule is N#Cc1ccc(N(CC2CC2)CC2CC2)c(F)c1Br. The summed E-state index contributed by atoms with van der Waals surface area (Å²) >= 11 is 3.20. The molecule has 2 nitrogen and oxygen atoms in total. The maximum absolute atomic E-state index is 14.4. The molecule has 0 bridgehead atoms. The largest absolute Gasteiger partial charge is 0.369 e. The summed E-state index contributed by atoms with van der Waals surface area (Å²) in [6.07, 6.45) is 5.06. The molecule has 0 amide bonds. The molecule has 0 N–H and O–H groups in total. The predicted octanol–water partition coefficient (Wildman–Crippen LogP) is 4.09. The van der Waals surface area contributed by atoms with Crippen molar-refractivity contribution in [2.45, 2.75) is 25.7 Å². The van der Waals surface area contributed by atoms with Gasteiger partial charge in [0.25, 0.3) is 0 Å². The van der Waals surface area contributed by atoms with Gasteiger partial charge in [0, 0.05) is 13.1 Å². The van der Waals surface area contributed by atoms with Gasteiger partial charge < -0.3 is 4.90 Å². The lowest BCUT2D eigenvalue weighted by Crippen LogP contribution is -2.29. The van der Waals surface area contributed by atoms with E-state index >= 15 is 0 Å². The summed E-state index contributed by atoms with van der Waals surface area (Å²) < 4.78 is 14.7. The number of hydrogen-bond acceptors (Lipinski definition) is 2. The number of nitrogens with zero attached hydrogens (tertiary/aromatic N) is 2. The average molecular weight is 323 g/mol. The lowest BCUT2D eigenvalue weighted by Gasteiger charge is -2.26. The van der Waals surface area contributed by atoms with E-state index < -0.39 is 0 Å². The van der Waals surface area contributed by atoms with Gasteiger partial charge in [0.15, 0.2) is 5.82 Å². The minimum absolute atomic E-state index is 0.291. The summed E-state index contributed by atoms with van der Waals surface area (Å²) in [6.45, 7) is 1.90. The van der Waals surface area contributed by atoms with Gasteiger partial charge in [-0.3, -0.25) is 0 Å². The van der Waals surface area contributed by atoms with Crippen LogP contribution < -0.4 is 4.90 Å². The zero-order chi connectivity index (χ0) is 13.4. The van der Waals surface area contributed by atoms with Crippen molar-refractivity contribution in [3.63, 3.8) is 0 Å². The van der Waals surface area contributed by atoms with Crippen LogP contribution in [0.3, 0.4) is 0 Å². The quantitative estimate of drug-likeness (QED) is 0.816. The van der Waals surface area contributed by atoms with Crippen molar-refractivity contribution in [2.24, 2.45) is 11.8 Å². The molecule has 0 heterocycles. The number of benzene rings is 1. The Balaban J connectivity index is 1.87. The van der Waals surface area contributed by atoms with Crippen LogP contribution in [0.15, 0.2) is 16.6 Å². The number of halogens is 2. The molecule has 0 unspecified atom stereocenters. The lowest BCUT2D eigenvalue weighted by atomic mass is 10.1. The number of hydrogen-bond donors (Lipinski definition) is 0. The van der Waals surface area contributed by atoms with Gasteiger partial charge in [-0.05, 0) is 65.6 Å². The van der Waals surface area contributed by atoms with E-state index in [0.717, 1.165) is 24.9 Å². The predicted molar refractivity (Wildman–Crippen MR) is 76.5 cm³/mol. The Morgan fingerprint density at radius 3 is 2.26 bits per heavy atom. The third-order valence-electron chi connectivity index (χ3n) is 3.87. The summed E-state index contributed by atoms with van der Waals surface area (Å²) in [4.78, 5) is 2.18.